The topological polar surface area (TPSA) is 35.5 Å². The summed E-state index contributed by atoms with van der Waals surface area (Å²) in [6.07, 6.45) is 0. The van der Waals surface area contributed by atoms with Gasteiger partial charge in [0, 0.05) is 6.07 Å². The number of rotatable bonds is 3. The molecule has 0 saturated carbocycles. The number of ether oxygens (including phenoxy) is 2. The Labute approximate surface area is 85.4 Å². The molecule has 1 aromatic rings. The molecule has 0 amide bonds. The Hall–Kier alpha value is -1.29. The highest BCUT2D eigenvalue weighted by molar-refractivity contribution is 6.68. The molecule has 0 fully saturated rings. The van der Waals surface area contributed by atoms with Gasteiger partial charge in [-0.1, -0.05) is 0 Å². The average molecular weight is 219 g/mol. The summed E-state index contributed by atoms with van der Waals surface area (Å²) in [6, 6.07) is 2.11. The summed E-state index contributed by atoms with van der Waals surface area (Å²) in [7, 11) is 2.69. The van der Waals surface area contributed by atoms with Crippen molar-refractivity contribution >= 4 is 16.8 Å². The van der Waals surface area contributed by atoms with Gasteiger partial charge in [-0.3, -0.25) is 4.79 Å². The van der Waals surface area contributed by atoms with Crippen molar-refractivity contribution in [3.8, 4) is 11.5 Å². The summed E-state index contributed by atoms with van der Waals surface area (Å²) >= 11 is 5.25. The van der Waals surface area contributed by atoms with Crippen molar-refractivity contribution in [2.24, 2.45) is 0 Å². The minimum absolute atomic E-state index is 0.0500. The maximum atomic E-state index is 12.9. The molecule has 14 heavy (non-hydrogen) atoms. The molecular formula is C9H8ClFO3. The van der Waals surface area contributed by atoms with Crippen LogP contribution in [0.2, 0.25) is 0 Å². The lowest BCUT2D eigenvalue weighted by atomic mass is 10.2. The highest BCUT2D eigenvalue weighted by Gasteiger charge is 2.16. The lowest BCUT2D eigenvalue weighted by Crippen LogP contribution is -1.99. The zero-order valence-corrected chi connectivity index (χ0v) is 8.39. The summed E-state index contributed by atoms with van der Waals surface area (Å²) in [5, 5.41) is -0.792. The van der Waals surface area contributed by atoms with E-state index < -0.39 is 11.1 Å². The second-order valence-corrected chi connectivity index (χ2v) is 2.81. The minimum Gasteiger partial charge on any atom is -0.493 e. The molecule has 0 atom stereocenters. The molecule has 3 nitrogen and oxygen atoms in total. The lowest BCUT2D eigenvalue weighted by molar-refractivity contribution is 0.107. The predicted molar refractivity (Wildman–Crippen MR) is 49.7 cm³/mol. The van der Waals surface area contributed by atoms with E-state index in [1.165, 1.54) is 14.2 Å². The van der Waals surface area contributed by atoms with Crippen LogP contribution < -0.4 is 9.47 Å². The van der Waals surface area contributed by atoms with Crippen molar-refractivity contribution < 1.29 is 18.7 Å². The summed E-state index contributed by atoms with van der Waals surface area (Å²) in [5.74, 6) is -0.336. The van der Waals surface area contributed by atoms with E-state index in [0.717, 1.165) is 12.1 Å². The van der Waals surface area contributed by atoms with Gasteiger partial charge < -0.3 is 9.47 Å². The number of methoxy groups -OCH3 is 2. The van der Waals surface area contributed by atoms with Gasteiger partial charge in [0.25, 0.3) is 5.24 Å². The van der Waals surface area contributed by atoms with Crippen LogP contribution in [0.4, 0.5) is 4.39 Å². The van der Waals surface area contributed by atoms with Crippen LogP contribution in [-0.2, 0) is 0 Å². The average Bonchev–Trinajstić information content (AvgIpc) is 2.16. The highest BCUT2D eigenvalue weighted by atomic mass is 35.5. The van der Waals surface area contributed by atoms with Gasteiger partial charge in [0.05, 0.1) is 19.8 Å². The van der Waals surface area contributed by atoms with Crippen molar-refractivity contribution in [2.45, 2.75) is 0 Å². The number of halogens is 2. The van der Waals surface area contributed by atoms with Crippen LogP contribution in [0.3, 0.4) is 0 Å². The van der Waals surface area contributed by atoms with Crippen molar-refractivity contribution in [1.82, 2.24) is 0 Å². The Balaban J connectivity index is 3.39. The largest absolute Gasteiger partial charge is 0.493 e. The molecule has 76 valence electrons. The summed E-state index contributed by atoms with van der Waals surface area (Å²) < 4.78 is 22.7. The first-order chi connectivity index (χ1) is 6.60. The first-order valence-corrected chi connectivity index (χ1v) is 4.09. The number of benzene rings is 1. The van der Waals surface area contributed by atoms with Gasteiger partial charge in [-0.05, 0) is 17.7 Å². The highest BCUT2D eigenvalue weighted by Crippen LogP contribution is 2.32. The van der Waals surface area contributed by atoms with Crippen molar-refractivity contribution in [3.63, 3.8) is 0 Å². The van der Waals surface area contributed by atoms with E-state index in [9.17, 15) is 9.18 Å². The van der Waals surface area contributed by atoms with Crippen LogP contribution in [0.5, 0.6) is 11.5 Å². The van der Waals surface area contributed by atoms with Crippen molar-refractivity contribution in [1.29, 1.82) is 0 Å². The molecule has 0 radical (unpaired) electrons. The number of carbonyl (C=O) groups is 1. The van der Waals surface area contributed by atoms with Gasteiger partial charge in [0.1, 0.15) is 5.82 Å². The maximum absolute atomic E-state index is 12.9. The van der Waals surface area contributed by atoms with Crippen LogP contribution in [0.1, 0.15) is 10.4 Å². The molecule has 0 N–H and O–H groups in total. The molecule has 0 aliphatic rings. The van der Waals surface area contributed by atoms with E-state index in [-0.39, 0.29) is 17.1 Å². The van der Waals surface area contributed by atoms with E-state index in [1.807, 2.05) is 0 Å². The molecule has 0 unspecified atom stereocenters. The van der Waals surface area contributed by atoms with E-state index >= 15 is 0 Å². The molecular weight excluding hydrogens is 211 g/mol. The Morgan fingerprint density at radius 3 is 2.43 bits per heavy atom. The molecule has 0 aliphatic carbocycles. The predicted octanol–water partition coefficient (Wildman–Crippen LogP) is 2.22. The Kier molecular flexibility index (Phi) is 3.30. The monoisotopic (exact) mass is 218 g/mol. The zero-order chi connectivity index (χ0) is 10.7. The van der Waals surface area contributed by atoms with Crippen molar-refractivity contribution in [2.75, 3.05) is 14.2 Å². The third-order valence-corrected chi connectivity index (χ3v) is 1.86. The first-order valence-electron chi connectivity index (χ1n) is 3.71. The smallest absolute Gasteiger partial charge is 0.256 e. The molecule has 0 aliphatic heterocycles. The van der Waals surface area contributed by atoms with Crippen molar-refractivity contribution in [3.05, 3.63) is 23.5 Å². The van der Waals surface area contributed by atoms with Gasteiger partial charge in [-0.25, -0.2) is 4.39 Å². The molecule has 5 heteroatoms. The number of hydrogen-bond acceptors (Lipinski definition) is 3. The Morgan fingerprint density at radius 1 is 1.36 bits per heavy atom. The van der Waals surface area contributed by atoms with Crippen LogP contribution in [-0.4, -0.2) is 19.5 Å². The molecule has 0 bridgehead atoms. The normalized spacial score (nSPS) is 9.71. The number of carbonyl (C=O) groups excluding carboxylic acids is 1. The molecule has 0 heterocycles. The zero-order valence-electron chi connectivity index (χ0n) is 7.64. The van der Waals surface area contributed by atoms with E-state index in [0.29, 0.717) is 0 Å². The molecule has 1 rings (SSSR count). The standard InChI is InChI=1S/C9H8ClFO3/c1-13-7-4-5(11)3-6(9(10)12)8(7)14-2/h3-4H,1-2H3. The van der Waals surface area contributed by atoms with Crippen LogP contribution in [0.15, 0.2) is 12.1 Å². The third kappa shape index (κ3) is 1.96. The fourth-order valence-corrected chi connectivity index (χ4v) is 1.22. The SMILES string of the molecule is COc1cc(F)cc(C(=O)Cl)c1OC. The van der Waals surface area contributed by atoms with Crippen LogP contribution in [0.25, 0.3) is 0 Å². The van der Waals surface area contributed by atoms with Gasteiger partial charge in [0.2, 0.25) is 0 Å². The summed E-state index contributed by atoms with van der Waals surface area (Å²) in [4.78, 5) is 10.9. The fraction of sp³-hybridized carbons (Fsp3) is 0.222. The van der Waals surface area contributed by atoms with Gasteiger partial charge in [-0.2, -0.15) is 0 Å². The van der Waals surface area contributed by atoms with Crippen LogP contribution >= 0.6 is 11.6 Å². The second kappa shape index (κ2) is 4.28. The number of hydrogen-bond donors (Lipinski definition) is 0. The summed E-state index contributed by atoms with van der Waals surface area (Å²) in [5.41, 5.74) is -0.0500. The molecule has 0 spiro atoms. The quantitative estimate of drug-likeness (QED) is 0.730. The molecule has 0 saturated heterocycles. The Bertz CT molecular complexity index is 365. The van der Waals surface area contributed by atoms with Gasteiger partial charge in [0.15, 0.2) is 11.5 Å². The van der Waals surface area contributed by atoms with Gasteiger partial charge in [-0.15, -0.1) is 0 Å². The maximum Gasteiger partial charge on any atom is 0.256 e. The Morgan fingerprint density at radius 2 is 2.00 bits per heavy atom. The minimum atomic E-state index is -0.792. The lowest BCUT2D eigenvalue weighted by Gasteiger charge is -2.10. The van der Waals surface area contributed by atoms with E-state index in [4.69, 9.17) is 21.1 Å². The third-order valence-electron chi connectivity index (χ3n) is 1.66. The molecule has 0 aromatic heterocycles. The second-order valence-electron chi connectivity index (χ2n) is 2.46. The van der Waals surface area contributed by atoms with E-state index in [2.05, 4.69) is 0 Å². The fourth-order valence-electron chi connectivity index (χ4n) is 1.08. The van der Waals surface area contributed by atoms with Gasteiger partial charge >= 0.3 is 0 Å². The molecule has 1 aromatic carbocycles. The summed E-state index contributed by atoms with van der Waals surface area (Å²) in [6.45, 7) is 0. The van der Waals surface area contributed by atoms with E-state index in [1.54, 1.807) is 0 Å². The van der Waals surface area contributed by atoms with Crippen LogP contribution in [0, 0.1) is 5.82 Å². The first kappa shape index (κ1) is 10.8.